The molecule has 0 aliphatic carbocycles. The number of aromatic carboxylic acids is 1. The van der Waals surface area contributed by atoms with Crippen molar-refractivity contribution in [1.82, 2.24) is 4.90 Å². The molecule has 0 radical (unpaired) electrons. The first kappa shape index (κ1) is 16.7. The summed E-state index contributed by atoms with van der Waals surface area (Å²) in [5, 5.41) is 11.7. The van der Waals surface area contributed by atoms with Gasteiger partial charge in [-0.2, -0.15) is 0 Å². The molecular weight excluding hydrogens is 320 g/mol. The van der Waals surface area contributed by atoms with Crippen LogP contribution in [0.1, 0.15) is 39.1 Å². The maximum absolute atomic E-state index is 12.4. The van der Waals surface area contributed by atoms with Crippen LogP contribution in [0.4, 0.5) is 5.69 Å². The highest BCUT2D eigenvalue weighted by atomic mass is 16.4. The predicted octanol–water partition coefficient (Wildman–Crippen LogP) is 2.76. The Balaban J connectivity index is 1.72. The molecule has 0 bridgehead atoms. The van der Waals surface area contributed by atoms with E-state index in [-0.39, 0.29) is 17.4 Å². The molecule has 1 fully saturated rings. The van der Waals surface area contributed by atoms with Crippen molar-refractivity contribution >= 4 is 23.5 Å². The summed E-state index contributed by atoms with van der Waals surface area (Å²) in [4.78, 5) is 36.9. The van der Waals surface area contributed by atoms with Gasteiger partial charge in [0.1, 0.15) is 0 Å². The lowest BCUT2D eigenvalue weighted by molar-refractivity contribution is -0.128. The Morgan fingerprint density at radius 1 is 1.08 bits per heavy atom. The van der Waals surface area contributed by atoms with Gasteiger partial charge in [-0.15, -0.1) is 0 Å². The number of hydrogen-bond acceptors (Lipinski definition) is 3. The van der Waals surface area contributed by atoms with Crippen LogP contribution >= 0.6 is 0 Å². The van der Waals surface area contributed by atoms with E-state index in [1.54, 1.807) is 35.2 Å². The number of benzene rings is 2. The fourth-order valence-corrected chi connectivity index (χ4v) is 2.84. The summed E-state index contributed by atoms with van der Waals surface area (Å²) in [6, 6.07) is 13.2. The second kappa shape index (κ2) is 7.17. The maximum atomic E-state index is 12.4. The summed E-state index contributed by atoms with van der Waals surface area (Å²) in [6.07, 6.45) is 1.46. The first-order valence-electron chi connectivity index (χ1n) is 8.04. The van der Waals surface area contributed by atoms with E-state index in [1.165, 1.54) is 12.1 Å². The van der Waals surface area contributed by atoms with Crippen molar-refractivity contribution in [1.29, 1.82) is 0 Å². The first-order valence-corrected chi connectivity index (χ1v) is 8.04. The lowest BCUT2D eigenvalue weighted by atomic mass is 10.1. The van der Waals surface area contributed by atoms with Gasteiger partial charge in [0.25, 0.3) is 5.91 Å². The zero-order valence-electron chi connectivity index (χ0n) is 13.6. The van der Waals surface area contributed by atoms with E-state index in [1.807, 2.05) is 6.07 Å². The third-order valence-corrected chi connectivity index (χ3v) is 4.10. The highest BCUT2D eigenvalue weighted by molar-refractivity contribution is 6.04. The number of amides is 2. The van der Waals surface area contributed by atoms with Gasteiger partial charge in [-0.05, 0) is 42.3 Å². The molecule has 128 valence electrons. The van der Waals surface area contributed by atoms with Gasteiger partial charge in [0.15, 0.2) is 0 Å². The predicted molar refractivity (Wildman–Crippen MR) is 92.4 cm³/mol. The standard InChI is InChI=1S/C19H18N2O4/c22-17-8-3-9-21(17)12-13-4-1-5-14(10-13)18(23)20-16-7-2-6-15(11-16)19(24)25/h1-2,4-7,10-11H,3,8-9,12H2,(H,20,23)(H,24,25). The van der Waals surface area contributed by atoms with Gasteiger partial charge >= 0.3 is 5.97 Å². The molecule has 2 aromatic carbocycles. The summed E-state index contributed by atoms with van der Waals surface area (Å²) in [7, 11) is 0. The van der Waals surface area contributed by atoms with Gasteiger partial charge in [0, 0.05) is 30.8 Å². The van der Waals surface area contributed by atoms with Crippen molar-refractivity contribution in [3.63, 3.8) is 0 Å². The van der Waals surface area contributed by atoms with Crippen LogP contribution in [0.25, 0.3) is 0 Å². The van der Waals surface area contributed by atoms with Crippen molar-refractivity contribution in [2.24, 2.45) is 0 Å². The van der Waals surface area contributed by atoms with Crippen LogP contribution in [0, 0.1) is 0 Å². The van der Waals surface area contributed by atoms with E-state index in [4.69, 9.17) is 5.11 Å². The molecule has 1 aliphatic rings. The van der Waals surface area contributed by atoms with Crippen LogP contribution in [0.3, 0.4) is 0 Å². The number of likely N-dealkylation sites (tertiary alicyclic amines) is 1. The molecular formula is C19H18N2O4. The van der Waals surface area contributed by atoms with Crippen molar-refractivity contribution < 1.29 is 19.5 Å². The van der Waals surface area contributed by atoms with E-state index >= 15 is 0 Å². The van der Waals surface area contributed by atoms with Crippen LogP contribution < -0.4 is 5.32 Å². The second-order valence-corrected chi connectivity index (χ2v) is 5.96. The van der Waals surface area contributed by atoms with Gasteiger partial charge in [0.05, 0.1) is 5.56 Å². The minimum atomic E-state index is -1.05. The van der Waals surface area contributed by atoms with Crippen molar-refractivity contribution in [2.45, 2.75) is 19.4 Å². The molecule has 25 heavy (non-hydrogen) atoms. The van der Waals surface area contributed by atoms with Crippen LogP contribution in [-0.2, 0) is 11.3 Å². The maximum Gasteiger partial charge on any atom is 0.335 e. The van der Waals surface area contributed by atoms with Crippen LogP contribution in [0.15, 0.2) is 48.5 Å². The highest BCUT2D eigenvalue weighted by Crippen LogP contribution is 2.17. The Morgan fingerprint density at radius 3 is 2.56 bits per heavy atom. The van der Waals surface area contributed by atoms with Crippen LogP contribution in [0.5, 0.6) is 0 Å². The average molecular weight is 338 g/mol. The minimum absolute atomic E-state index is 0.110. The molecule has 6 nitrogen and oxygen atoms in total. The molecule has 2 amide bonds. The fourth-order valence-electron chi connectivity index (χ4n) is 2.84. The molecule has 0 atom stereocenters. The van der Waals surface area contributed by atoms with Crippen LogP contribution in [-0.4, -0.2) is 34.3 Å². The Hall–Kier alpha value is -3.15. The van der Waals surface area contributed by atoms with Gasteiger partial charge < -0.3 is 15.3 Å². The molecule has 3 rings (SSSR count). The number of anilines is 1. The number of nitrogens with zero attached hydrogens (tertiary/aromatic N) is 1. The Kier molecular flexibility index (Phi) is 4.79. The van der Waals surface area contributed by atoms with Crippen molar-refractivity contribution in [3.8, 4) is 0 Å². The normalized spacial score (nSPS) is 13.8. The Labute approximate surface area is 145 Å². The summed E-state index contributed by atoms with van der Waals surface area (Å²) in [5.74, 6) is -1.23. The largest absolute Gasteiger partial charge is 0.478 e. The smallest absolute Gasteiger partial charge is 0.335 e. The fraction of sp³-hybridized carbons (Fsp3) is 0.211. The van der Waals surface area contributed by atoms with Crippen LogP contribution in [0.2, 0.25) is 0 Å². The van der Waals surface area contributed by atoms with E-state index in [2.05, 4.69) is 5.32 Å². The quantitative estimate of drug-likeness (QED) is 0.877. The first-order chi connectivity index (χ1) is 12.0. The van der Waals surface area contributed by atoms with Gasteiger partial charge in [-0.3, -0.25) is 9.59 Å². The number of carbonyl (C=O) groups is 3. The summed E-state index contributed by atoms with van der Waals surface area (Å²) in [6.45, 7) is 1.24. The molecule has 2 aromatic rings. The summed E-state index contributed by atoms with van der Waals surface area (Å²) < 4.78 is 0. The number of carbonyl (C=O) groups excluding carboxylic acids is 2. The Morgan fingerprint density at radius 2 is 1.84 bits per heavy atom. The zero-order valence-corrected chi connectivity index (χ0v) is 13.6. The average Bonchev–Trinajstić information content (AvgIpc) is 3.00. The van der Waals surface area contributed by atoms with Gasteiger partial charge in [-0.25, -0.2) is 4.79 Å². The molecule has 2 N–H and O–H groups in total. The Bertz CT molecular complexity index is 832. The summed E-state index contributed by atoms with van der Waals surface area (Å²) in [5.41, 5.74) is 1.89. The number of hydrogen-bond donors (Lipinski definition) is 2. The zero-order chi connectivity index (χ0) is 17.8. The number of carboxylic acid groups (broad SMARTS) is 1. The molecule has 1 heterocycles. The molecule has 1 saturated heterocycles. The summed E-state index contributed by atoms with van der Waals surface area (Å²) >= 11 is 0. The van der Waals surface area contributed by atoms with Crippen molar-refractivity contribution in [3.05, 3.63) is 65.2 Å². The number of rotatable bonds is 5. The minimum Gasteiger partial charge on any atom is -0.478 e. The van der Waals surface area contributed by atoms with Gasteiger partial charge in [-0.1, -0.05) is 18.2 Å². The molecule has 0 aromatic heterocycles. The van der Waals surface area contributed by atoms with E-state index < -0.39 is 5.97 Å². The lowest BCUT2D eigenvalue weighted by Gasteiger charge is -2.16. The molecule has 0 saturated carbocycles. The highest BCUT2D eigenvalue weighted by Gasteiger charge is 2.20. The second-order valence-electron chi connectivity index (χ2n) is 5.96. The number of carboxylic acids is 1. The number of nitrogens with one attached hydrogen (secondary N) is 1. The van der Waals surface area contributed by atoms with E-state index in [0.29, 0.717) is 24.2 Å². The third kappa shape index (κ3) is 4.03. The topological polar surface area (TPSA) is 86.7 Å². The molecule has 0 spiro atoms. The monoisotopic (exact) mass is 338 g/mol. The molecule has 1 aliphatic heterocycles. The van der Waals surface area contributed by atoms with Gasteiger partial charge in [0.2, 0.25) is 5.91 Å². The van der Waals surface area contributed by atoms with E-state index in [9.17, 15) is 14.4 Å². The molecule has 0 unspecified atom stereocenters. The van der Waals surface area contributed by atoms with E-state index in [0.717, 1.165) is 18.5 Å². The lowest BCUT2D eigenvalue weighted by Crippen LogP contribution is -2.24. The SMILES string of the molecule is O=C(O)c1cccc(NC(=O)c2cccc(CN3CCCC3=O)c2)c1. The third-order valence-electron chi connectivity index (χ3n) is 4.10. The van der Waals surface area contributed by atoms with Crippen molar-refractivity contribution in [2.75, 3.05) is 11.9 Å². The molecule has 6 heteroatoms.